The second-order valence-electron chi connectivity index (χ2n) is 8.12. The first-order valence-electron chi connectivity index (χ1n) is 10.2. The molecule has 2 N–H and O–H groups in total. The minimum Gasteiger partial charge on any atom is -0.388 e. The fourth-order valence-electron chi connectivity index (χ4n) is 3.15. The number of sulfonamides is 1. The number of aliphatic hydroxyl groups excluding tert-OH is 1. The maximum atomic E-state index is 13.5. The number of unbranched alkanes of at least 4 members (excludes halogenated alkanes) is 2. The van der Waals surface area contributed by atoms with Crippen LogP contribution < -0.4 is 4.72 Å². The van der Waals surface area contributed by atoms with Gasteiger partial charge in [0.1, 0.15) is 5.67 Å². The average molecular weight is 417 g/mol. The highest BCUT2D eigenvalue weighted by molar-refractivity contribution is 7.92. The zero-order chi connectivity index (χ0) is 21.2. The van der Waals surface area contributed by atoms with Gasteiger partial charge in [-0.05, 0) is 76.9 Å². The van der Waals surface area contributed by atoms with Crippen molar-refractivity contribution in [2.45, 2.75) is 71.1 Å². The minimum atomic E-state index is -3.29. The molecule has 0 radical (unpaired) electrons. The van der Waals surface area contributed by atoms with Crippen LogP contribution in [0, 0.1) is 0 Å². The summed E-state index contributed by atoms with van der Waals surface area (Å²) in [7, 11) is -3.29. The Morgan fingerprint density at radius 2 is 1.71 bits per heavy atom. The first-order valence-corrected chi connectivity index (χ1v) is 12.1. The van der Waals surface area contributed by atoms with E-state index in [4.69, 9.17) is 0 Å². The van der Waals surface area contributed by atoms with E-state index >= 15 is 0 Å². The predicted octanol–water partition coefficient (Wildman–Crippen LogP) is 4.50. The Bertz CT molecular complexity index is 657. The van der Waals surface area contributed by atoms with Crippen LogP contribution >= 0.6 is 0 Å². The zero-order valence-corrected chi connectivity index (χ0v) is 18.6. The van der Waals surface area contributed by atoms with E-state index in [0.717, 1.165) is 57.1 Å². The van der Waals surface area contributed by atoms with Crippen molar-refractivity contribution in [3.63, 3.8) is 0 Å². The monoisotopic (exact) mass is 416 g/mol. The number of alkyl halides is 1. The van der Waals surface area contributed by atoms with Crippen LogP contribution in [0.2, 0.25) is 0 Å². The van der Waals surface area contributed by atoms with Gasteiger partial charge >= 0.3 is 0 Å². The maximum Gasteiger partial charge on any atom is 0.229 e. The van der Waals surface area contributed by atoms with Gasteiger partial charge in [-0.25, -0.2) is 12.8 Å². The molecule has 0 aliphatic carbocycles. The molecule has 0 aromatic heterocycles. The van der Waals surface area contributed by atoms with Crippen molar-refractivity contribution in [1.29, 1.82) is 0 Å². The van der Waals surface area contributed by atoms with Crippen molar-refractivity contribution in [3.8, 4) is 0 Å². The molecule has 0 fully saturated rings. The van der Waals surface area contributed by atoms with E-state index in [2.05, 4.69) is 16.5 Å². The highest BCUT2D eigenvalue weighted by Crippen LogP contribution is 2.21. The first-order chi connectivity index (χ1) is 13.0. The van der Waals surface area contributed by atoms with Gasteiger partial charge in [0.25, 0.3) is 0 Å². The van der Waals surface area contributed by atoms with Crippen LogP contribution in [0.3, 0.4) is 0 Å². The molecule has 28 heavy (non-hydrogen) atoms. The molecular weight excluding hydrogens is 379 g/mol. The average Bonchev–Trinajstić information content (AvgIpc) is 2.58. The molecule has 0 aliphatic rings. The molecule has 0 aliphatic heterocycles. The minimum absolute atomic E-state index is 0.492. The number of anilines is 1. The molecule has 1 aromatic rings. The molecule has 1 rings (SSSR count). The molecule has 0 saturated carbocycles. The molecule has 0 amide bonds. The Labute approximate surface area is 170 Å². The number of aliphatic hydroxyl groups is 1. The quantitative estimate of drug-likeness (QED) is 0.438. The number of hydrogen-bond acceptors (Lipinski definition) is 4. The normalized spacial score (nSPS) is 13.7. The summed E-state index contributed by atoms with van der Waals surface area (Å²) in [6.07, 6.45) is 5.74. The Morgan fingerprint density at radius 3 is 2.25 bits per heavy atom. The van der Waals surface area contributed by atoms with Crippen molar-refractivity contribution < 1.29 is 17.9 Å². The molecule has 0 spiro atoms. The Kier molecular flexibility index (Phi) is 10.4. The van der Waals surface area contributed by atoms with E-state index in [1.807, 2.05) is 0 Å². The highest BCUT2D eigenvalue weighted by atomic mass is 32.2. The second kappa shape index (κ2) is 11.7. The van der Waals surface area contributed by atoms with Gasteiger partial charge in [-0.3, -0.25) is 4.72 Å². The van der Waals surface area contributed by atoms with Crippen molar-refractivity contribution >= 4 is 15.7 Å². The van der Waals surface area contributed by atoms with E-state index in [9.17, 15) is 17.9 Å². The lowest BCUT2D eigenvalue weighted by Gasteiger charge is -2.21. The molecule has 1 unspecified atom stereocenters. The van der Waals surface area contributed by atoms with Gasteiger partial charge in [0, 0.05) is 5.69 Å². The third-order valence-electron chi connectivity index (χ3n) is 4.74. The van der Waals surface area contributed by atoms with Crippen LogP contribution in [0.4, 0.5) is 10.1 Å². The first kappa shape index (κ1) is 24.9. The lowest BCUT2D eigenvalue weighted by atomic mass is 10.0. The standard InChI is InChI=1S/C21H37FN2O3S/c1-5-24(16-8-6-7-15-21(2,3)22)17-9-10-20(25)18-11-13-19(14-12-18)23-28(4,26)27/h11-14,20,23,25H,5-10,15-17H2,1-4H3. The van der Waals surface area contributed by atoms with Crippen LogP contribution in [0.1, 0.15) is 71.0 Å². The summed E-state index contributed by atoms with van der Waals surface area (Å²) in [4.78, 5) is 2.37. The smallest absolute Gasteiger partial charge is 0.229 e. The fraction of sp³-hybridized carbons (Fsp3) is 0.714. The lowest BCUT2D eigenvalue weighted by molar-refractivity contribution is 0.155. The predicted molar refractivity (Wildman–Crippen MR) is 115 cm³/mol. The van der Waals surface area contributed by atoms with Gasteiger partial charge in [-0.15, -0.1) is 0 Å². The van der Waals surface area contributed by atoms with Crippen molar-refractivity contribution in [2.75, 3.05) is 30.6 Å². The molecule has 0 heterocycles. The molecule has 162 valence electrons. The van der Waals surface area contributed by atoms with E-state index in [1.165, 1.54) is 0 Å². The third kappa shape index (κ3) is 11.6. The maximum absolute atomic E-state index is 13.5. The van der Waals surface area contributed by atoms with Gasteiger partial charge in [0.2, 0.25) is 10.0 Å². The molecule has 0 bridgehead atoms. The molecule has 1 atom stereocenters. The summed E-state index contributed by atoms with van der Waals surface area (Å²) in [5.41, 5.74) is 0.210. The van der Waals surface area contributed by atoms with E-state index in [1.54, 1.807) is 38.1 Å². The fourth-order valence-corrected chi connectivity index (χ4v) is 3.71. The highest BCUT2D eigenvalue weighted by Gasteiger charge is 2.14. The number of benzene rings is 1. The van der Waals surface area contributed by atoms with Crippen LogP contribution in [-0.2, 0) is 10.0 Å². The van der Waals surface area contributed by atoms with Crippen LogP contribution in [0.5, 0.6) is 0 Å². The summed E-state index contributed by atoms with van der Waals surface area (Å²) in [6.45, 7) is 8.30. The second-order valence-corrected chi connectivity index (χ2v) is 9.87. The number of nitrogens with one attached hydrogen (secondary N) is 1. The number of nitrogens with zero attached hydrogens (tertiary/aromatic N) is 1. The summed E-state index contributed by atoms with van der Waals surface area (Å²) < 4.78 is 38.3. The topological polar surface area (TPSA) is 69.6 Å². The Balaban J connectivity index is 2.30. The van der Waals surface area contributed by atoms with Gasteiger partial charge in [0.05, 0.1) is 12.4 Å². The molecular formula is C21H37FN2O3S. The van der Waals surface area contributed by atoms with E-state index in [-0.39, 0.29) is 0 Å². The number of hydrogen-bond donors (Lipinski definition) is 2. The lowest BCUT2D eigenvalue weighted by Crippen LogP contribution is -2.26. The molecule has 5 nitrogen and oxygen atoms in total. The van der Waals surface area contributed by atoms with Crippen LogP contribution in [0.25, 0.3) is 0 Å². The van der Waals surface area contributed by atoms with E-state index in [0.29, 0.717) is 18.5 Å². The summed E-state index contributed by atoms with van der Waals surface area (Å²) in [5.74, 6) is 0. The van der Waals surface area contributed by atoms with Crippen molar-refractivity contribution in [2.24, 2.45) is 0 Å². The number of halogens is 1. The van der Waals surface area contributed by atoms with Gasteiger partial charge < -0.3 is 10.0 Å². The number of rotatable bonds is 14. The van der Waals surface area contributed by atoms with Crippen LogP contribution in [0.15, 0.2) is 24.3 Å². The van der Waals surface area contributed by atoms with E-state index < -0.39 is 21.8 Å². The zero-order valence-electron chi connectivity index (χ0n) is 17.7. The summed E-state index contributed by atoms with van der Waals surface area (Å²) >= 11 is 0. The van der Waals surface area contributed by atoms with Gasteiger partial charge in [-0.1, -0.05) is 31.9 Å². The van der Waals surface area contributed by atoms with Crippen molar-refractivity contribution in [1.82, 2.24) is 4.90 Å². The SMILES string of the molecule is CCN(CCCCCC(C)(C)F)CCCC(O)c1ccc(NS(C)(=O)=O)cc1. The van der Waals surface area contributed by atoms with Crippen molar-refractivity contribution in [3.05, 3.63) is 29.8 Å². The Morgan fingerprint density at radius 1 is 1.11 bits per heavy atom. The van der Waals surface area contributed by atoms with Gasteiger partial charge in [-0.2, -0.15) is 0 Å². The summed E-state index contributed by atoms with van der Waals surface area (Å²) in [6, 6.07) is 6.83. The molecule has 7 heteroatoms. The molecule has 1 aromatic carbocycles. The molecule has 0 saturated heterocycles. The Hall–Kier alpha value is -1.18. The summed E-state index contributed by atoms with van der Waals surface area (Å²) in [5, 5.41) is 10.4. The van der Waals surface area contributed by atoms with Gasteiger partial charge in [0.15, 0.2) is 0 Å². The largest absolute Gasteiger partial charge is 0.388 e. The van der Waals surface area contributed by atoms with Crippen LogP contribution in [-0.4, -0.2) is 50.0 Å². The third-order valence-corrected chi connectivity index (χ3v) is 5.35.